The van der Waals surface area contributed by atoms with Gasteiger partial charge in [-0.3, -0.25) is 0 Å². The fourth-order valence-corrected chi connectivity index (χ4v) is 4.73. The zero-order valence-corrected chi connectivity index (χ0v) is 18.1. The first kappa shape index (κ1) is 21.2. The average Bonchev–Trinajstić information content (AvgIpc) is 2.67. The lowest BCUT2D eigenvalue weighted by molar-refractivity contribution is -0.672. The number of methoxy groups -OCH3 is 1. The molecule has 0 spiro atoms. The highest BCUT2D eigenvalue weighted by Crippen LogP contribution is 2.44. The molecule has 3 nitrogen and oxygen atoms in total. The number of rotatable bonds is 8. The Labute approximate surface area is 174 Å². The Hall–Kier alpha value is -1.55. The summed E-state index contributed by atoms with van der Waals surface area (Å²) in [6.07, 6.45) is 4.36. The lowest BCUT2D eigenvalue weighted by Crippen LogP contribution is -2.83. The summed E-state index contributed by atoms with van der Waals surface area (Å²) in [7, 11) is 1.70. The molecule has 1 aliphatic rings. The highest BCUT2D eigenvalue weighted by Gasteiger charge is 2.41. The minimum absolute atomic E-state index is 0.0739. The van der Waals surface area contributed by atoms with Gasteiger partial charge in [0.05, 0.1) is 19.3 Å². The fourth-order valence-electron chi connectivity index (χ4n) is 4.52. The quantitative estimate of drug-likeness (QED) is 0.654. The van der Waals surface area contributed by atoms with E-state index in [1.54, 1.807) is 7.11 Å². The number of nitrogens with two attached hydrogens (primary N) is 1. The molecule has 1 aliphatic heterocycles. The molecule has 2 N–H and O–H groups in total. The van der Waals surface area contributed by atoms with E-state index in [0.29, 0.717) is 0 Å². The van der Waals surface area contributed by atoms with E-state index >= 15 is 0 Å². The van der Waals surface area contributed by atoms with Crippen molar-refractivity contribution < 1.29 is 14.8 Å². The van der Waals surface area contributed by atoms with Crippen molar-refractivity contribution in [1.29, 1.82) is 0 Å². The van der Waals surface area contributed by atoms with Crippen LogP contribution in [0.2, 0.25) is 5.02 Å². The van der Waals surface area contributed by atoms with Crippen LogP contribution in [0.3, 0.4) is 0 Å². The van der Waals surface area contributed by atoms with Crippen molar-refractivity contribution in [1.82, 2.24) is 0 Å². The van der Waals surface area contributed by atoms with E-state index in [1.165, 1.54) is 17.5 Å². The Morgan fingerprint density at radius 2 is 1.86 bits per heavy atom. The van der Waals surface area contributed by atoms with Crippen LogP contribution < -0.4 is 10.1 Å². The summed E-state index contributed by atoms with van der Waals surface area (Å²) < 4.78 is 11.3. The molecule has 0 amide bonds. The Bertz CT molecular complexity index is 759. The smallest absolute Gasteiger partial charge is 0.118 e. The van der Waals surface area contributed by atoms with Crippen molar-refractivity contribution in [3.8, 4) is 5.75 Å². The molecular formula is C24H33ClNO2+. The van der Waals surface area contributed by atoms with E-state index in [0.717, 1.165) is 49.7 Å². The molecular weight excluding hydrogens is 370 g/mol. The Morgan fingerprint density at radius 1 is 1.11 bits per heavy atom. The van der Waals surface area contributed by atoms with Crippen LogP contribution in [0.4, 0.5) is 0 Å². The monoisotopic (exact) mass is 402 g/mol. The minimum Gasteiger partial charge on any atom is -0.497 e. The number of ether oxygens (including phenoxy) is 2. The average molecular weight is 403 g/mol. The van der Waals surface area contributed by atoms with E-state index in [9.17, 15) is 0 Å². The SMILES string of the molecule is COc1ccc(C[NH2+]CC[C@@]2(Cc3ccccc3Cl)CCOC(C)(C)C2)cc1. The summed E-state index contributed by atoms with van der Waals surface area (Å²) in [5.74, 6) is 0.909. The van der Waals surface area contributed by atoms with Gasteiger partial charge in [0, 0.05) is 23.6 Å². The number of hydrogen-bond donors (Lipinski definition) is 1. The van der Waals surface area contributed by atoms with Gasteiger partial charge in [-0.1, -0.05) is 29.8 Å². The van der Waals surface area contributed by atoms with Crippen molar-refractivity contribution in [2.24, 2.45) is 5.41 Å². The maximum Gasteiger partial charge on any atom is 0.118 e. The largest absolute Gasteiger partial charge is 0.497 e. The van der Waals surface area contributed by atoms with Crippen LogP contribution in [-0.4, -0.2) is 25.9 Å². The number of quaternary nitrogens is 1. The molecule has 0 aromatic heterocycles. The van der Waals surface area contributed by atoms with Crippen LogP contribution in [0, 0.1) is 5.41 Å². The van der Waals surface area contributed by atoms with E-state index in [-0.39, 0.29) is 11.0 Å². The van der Waals surface area contributed by atoms with Crippen molar-refractivity contribution in [3.05, 3.63) is 64.7 Å². The lowest BCUT2D eigenvalue weighted by Gasteiger charge is -2.45. The van der Waals surface area contributed by atoms with Crippen molar-refractivity contribution >= 4 is 11.6 Å². The predicted molar refractivity (Wildman–Crippen MR) is 115 cm³/mol. The molecule has 0 radical (unpaired) electrons. The van der Waals surface area contributed by atoms with Gasteiger partial charge in [-0.25, -0.2) is 0 Å². The standard InChI is InChI=1S/C24H32ClNO2/c1-23(2)18-24(13-15-28-23,16-20-6-4-5-7-22(20)25)12-14-26-17-19-8-10-21(27-3)11-9-19/h4-11,26H,12-18H2,1-3H3/p+1/t24-/m0/s1. The molecule has 1 atom stereocenters. The third-order valence-electron chi connectivity index (χ3n) is 5.87. The van der Waals surface area contributed by atoms with Gasteiger partial charge in [0.1, 0.15) is 12.3 Å². The van der Waals surface area contributed by atoms with Crippen LogP contribution in [0.25, 0.3) is 0 Å². The number of halogens is 1. The van der Waals surface area contributed by atoms with Crippen LogP contribution in [-0.2, 0) is 17.7 Å². The Kier molecular flexibility index (Phi) is 7.03. The van der Waals surface area contributed by atoms with Gasteiger partial charge >= 0.3 is 0 Å². The number of hydrogen-bond acceptors (Lipinski definition) is 2. The van der Waals surface area contributed by atoms with Gasteiger partial charge in [0.15, 0.2) is 0 Å². The molecule has 0 bridgehead atoms. The molecule has 0 saturated carbocycles. The molecule has 1 fully saturated rings. The predicted octanol–water partition coefficient (Wildman–Crippen LogP) is 4.62. The number of benzene rings is 2. The molecule has 28 heavy (non-hydrogen) atoms. The van der Waals surface area contributed by atoms with Crippen LogP contribution in [0.15, 0.2) is 48.5 Å². The van der Waals surface area contributed by atoms with Crippen LogP contribution >= 0.6 is 11.6 Å². The minimum atomic E-state index is -0.0739. The highest BCUT2D eigenvalue weighted by atomic mass is 35.5. The molecule has 152 valence electrons. The van der Waals surface area contributed by atoms with Crippen molar-refractivity contribution in [2.45, 2.75) is 51.7 Å². The summed E-state index contributed by atoms with van der Waals surface area (Å²) in [5.41, 5.74) is 2.75. The van der Waals surface area contributed by atoms with Crippen molar-refractivity contribution in [3.63, 3.8) is 0 Å². The fraction of sp³-hybridized carbons (Fsp3) is 0.500. The molecule has 1 saturated heterocycles. The first-order valence-corrected chi connectivity index (χ1v) is 10.6. The van der Waals surface area contributed by atoms with Gasteiger partial charge in [0.2, 0.25) is 0 Å². The third kappa shape index (κ3) is 5.73. The highest BCUT2D eigenvalue weighted by molar-refractivity contribution is 6.31. The maximum absolute atomic E-state index is 6.49. The molecule has 0 aliphatic carbocycles. The van der Waals surface area contributed by atoms with E-state index < -0.39 is 0 Å². The summed E-state index contributed by atoms with van der Waals surface area (Å²) in [6, 6.07) is 16.6. The summed E-state index contributed by atoms with van der Waals surface area (Å²) in [4.78, 5) is 0. The van der Waals surface area contributed by atoms with E-state index in [1.807, 2.05) is 24.3 Å². The Balaban J connectivity index is 1.63. The second-order valence-electron chi connectivity index (χ2n) is 8.68. The van der Waals surface area contributed by atoms with Gasteiger partial charge in [0.25, 0.3) is 0 Å². The first-order valence-electron chi connectivity index (χ1n) is 10.2. The summed E-state index contributed by atoms with van der Waals surface area (Å²) in [6.45, 7) is 7.36. The zero-order valence-electron chi connectivity index (χ0n) is 17.3. The molecule has 2 aromatic rings. The molecule has 2 aromatic carbocycles. The first-order chi connectivity index (χ1) is 13.4. The lowest BCUT2D eigenvalue weighted by atomic mass is 9.68. The zero-order chi connectivity index (χ0) is 20.0. The second kappa shape index (κ2) is 9.30. The third-order valence-corrected chi connectivity index (χ3v) is 6.24. The molecule has 1 heterocycles. The molecule has 0 unspecified atom stereocenters. The van der Waals surface area contributed by atoms with E-state index in [2.05, 4.69) is 43.4 Å². The van der Waals surface area contributed by atoms with Gasteiger partial charge in [-0.2, -0.15) is 0 Å². The van der Waals surface area contributed by atoms with Gasteiger partial charge < -0.3 is 14.8 Å². The normalized spacial score (nSPS) is 21.4. The van der Waals surface area contributed by atoms with Gasteiger partial charge in [-0.05, 0) is 74.4 Å². The van der Waals surface area contributed by atoms with Crippen molar-refractivity contribution in [2.75, 3.05) is 20.3 Å². The topological polar surface area (TPSA) is 35.1 Å². The van der Waals surface area contributed by atoms with Crippen LogP contribution in [0.1, 0.15) is 44.2 Å². The second-order valence-corrected chi connectivity index (χ2v) is 9.09. The van der Waals surface area contributed by atoms with E-state index in [4.69, 9.17) is 21.1 Å². The Morgan fingerprint density at radius 3 is 2.54 bits per heavy atom. The maximum atomic E-state index is 6.49. The van der Waals surface area contributed by atoms with Gasteiger partial charge in [-0.15, -0.1) is 0 Å². The molecule has 4 heteroatoms. The molecule has 3 rings (SSSR count). The summed E-state index contributed by atoms with van der Waals surface area (Å²) in [5, 5.41) is 3.30. The van der Waals surface area contributed by atoms with Crippen LogP contribution in [0.5, 0.6) is 5.75 Å². The summed E-state index contributed by atoms with van der Waals surface area (Å²) >= 11 is 6.49.